The van der Waals surface area contributed by atoms with Gasteiger partial charge in [-0.15, -0.1) is 11.8 Å². The van der Waals surface area contributed by atoms with E-state index in [2.05, 4.69) is 59.8 Å². The van der Waals surface area contributed by atoms with E-state index in [1.807, 2.05) is 0 Å². The molecule has 0 radical (unpaired) electrons. The summed E-state index contributed by atoms with van der Waals surface area (Å²) in [4.78, 5) is 0. The van der Waals surface area contributed by atoms with Crippen molar-refractivity contribution in [1.82, 2.24) is 0 Å². The van der Waals surface area contributed by atoms with Gasteiger partial charge in [0.25, 0.3) is 0 Å². The molecule has 0 aliphatic carbocycles. The quantitative estimate of drug-likeness (QED) is 0.694. The Morgan fingerprint density at radius 2 is 2.07 bits per heavy atom. The molecule has 0 amide bonds. The van der Waals surface area contributed by atoms with Crippen LogP contribution in [0.5, 0.6) is 0 Å². The number of aryl methyl sites for hydroxylation is 2. The zero-order chi connectivity index (χ0) is 10.4. The van der Waals surface area contributed by atoms with Crippen LogP contribution < -0.4 is 0 Å². The molecule has 1 heteroatoms. The van der Waals surface area contributed by atoms with Gasteiger partial charge in [0.15, 0.2) is 0 Å². The van der Waals surface area contributed by atoms with Gasteiger partial charge in [-0.3, -0.25) is 0 Å². The van der Waals surface area contributed by atoms with E-state index in [0.717, 1.165) is 19.3 Å². The predicted octanol–water partition coefficient (Wildman–Crippen LogP) is 4.10. The minimum absolute atomic E-state index is 0.958. The molecule has 14 heavy (non-hydrogen) atoms. The summed E-state index contributed by atoms with van der Waals surface area (Å²) in [5.74, 6) is 6.24. The zero-order valence-corrected chi connectivity index (χ0v) is 10.3. The first-order valence-electron chi connectivity index (χ1n) is 4.94. The van der Waals surface area contributed by atoms with Gasteiger partial charge in [-0.05, 0) is 30.5 Å². The lowest BCUT2D eigenvalue weighted by molar-refractivity contribution is 1.02. The highest BCUT2D eigenvalue weighted by molar-refractivity contribution is 9.10. The van der Waals surface area contributed by atoms with Crippen LogP contribution in [0.3, 0.4) is 0 Å². The van der Waals surface area contributed by atoms with Crippen LogP contribution in [0.4, 0.5) is 0 Å². The van der Waals surface area contributed by atoms with Crippen molar-refractivity contribution < 1.29 is 0 Å². The van der Waals surface area contributed by atoms with Gasteiger partial charge in [0.2, 0.25) is 0 Å². The minimum atomic E-state index is 0.958. The second-order valence-electron chi connectivity index (χ2n) is 3.29. The van der Waals surface area contributed by atoms with Crippen LogP contribution in [0.25, 0.3) is 0 Å². The Bertz CT molecular complexity index is 355. The fourth-order valence-corrected chi connectivity index (χ4v) is 1.53. The summed E-state index contributed by atoms with van der Waals surface area (Å²) in [7, 11) is 0. The zero-order valence-electron chi connectivity index (χ0n) is 8.73. The van der Waals surface area contributed by atoms with Crippen molar-refractivity contribution >= 4 is 15.9 Å². The maximum atomic E-state index is 3.49. The number of rotatable bonds is 2. The highest BCUT2D eigenvalue weighted by atomic mass is 79.9. The number of hydrogen-bond acceptors (Lipinski definition) is 0. The first-order valence-corrected chi connectivity index (χ1v) is 5.74. The predicted molar refractivity (Wildman–Crippen MR) is 65.3 cm³/mol. The largest absolute Gasteiger partial charge is 0.104 e. The van der Waals surface area contributed by atoms with Crippen molar-refractivity contribution in [2.75, 3.05) is 0 Å². The van der Waals surface area contributed by atoms with Crippen LogP contribution in [-0.4, -0.2) is 0 Å². The lowest BCUT2D eigenvalue weighted by Gasteiger charge is -2.01. The first-order chi connectivity index (χ1) is 6.74. The highest BCUT2D eigenvalue weighted by Crippen LogP contribution is 2.17. The molecule has 1 rings (SSSR count). The molecule has 0 nitrogen and oxygen atoms in total. The van der Waals surface area contributed by atoms with Gasteiger partial charge in [0, 0.05) is 17.3 Å². The molecular weight excluding hydrogens is 236 g/mol. The summed E-state index contributed by atoms with van der Waals surface area (Å²) in [5, 5.41) is 0. The molecule has 0 N–H and O–H groups in total. The molecule has 0 spiro atoms. The fourth-order valence-electron chi connectivity index (χ4n) is 1.28. The molecule has 0 aliphatic heterocycles. The van der Waals surface area contributed by atoms with Crippen molar-refractivity contribution in [3.8, 4) is 11.8 Å². The summed E-state index contributed by atoms with van der Waals surface area (Å²) < 4.78 is 1.18. The smallest absolute Gasteiger partial charge is 0.0204 e. The van der Waals surface area contributed by atoms with Crippen LogP contribution in [0.15, 0.2) is 22.7 Å². The maximum absolute atomic E-state index is 3.49. The third-order valence-electron chi connectivity index (χ3n) is 2.06. The molecule has 0 saturated heterocycles. The Morgan fingerprint density at radius 3 is 2.71 bits per heavy atom. The molecule has 0 aromatic heterocycles. The van der Waals surface area contributed by atoms with Gasteiger partial charge in [-0.1, -0.05) is 35.0 Å². The Balaban J connectivity index is 2.55. The van der Waals surface area contributed by atoms with Gasteiger partial charge in [0.05, 0.1) is 0 Å². The van der Waals surface area contributed by atoms with E-state index in [4.69, 9.17) is 0 Å². The average molecular weight is 251 g/mol. The first kappa shape index (κ1) is 11.3. The molecule has 1 aromatic rings. The molecule has 0 atom stereocenters. The Labute approximate surface area is 94.9 Å². The average Bonchev–Trinajstić information content (AvgIpc) is 2.18. The molecule has 1 aromatic carbocycles. The maximum Gasteiger partial charge on any atom is 0.0204 e. The van der Waals surface area contributed by atoms with Crippen LogP contribution >= 0.6 is 15.9 Å². The minimum Gasteiger partial charge on any atom is -0.104 e. The third kappa shape index (κ3) is 3.55. The van der Waals surface area contributed by atoms with Gasteiger partial charge in [-0.2, -0.15) is 0 Å². The van der Waals surface area contributed by atoms with Gasteiger partial charge in [-0.25, -0.2) is 0 Å². The molecule has 0 aliphatic rings. The summed E-state index contributed by atoms with van der Waals surface area (Å²) in [6.07, 6.45) is 2.98. The normalized spacial score (nSPS) is 9.36. The van der Waals surface area contributed by atoms with Crippen molar-refractivity contribution in [3.63, 3.8) is 0 Å². The van der Waals surface area contributed by atoms with E-state index in [-0.39, 0.29) is 0 Å². The van der Waals surface area contributed by atoms with Crippen LogP contribution in [-0.2, 0) is 6.42 Å². The number of halogens is 1. The van der Waals surface area contributed by atoms with Crippen molar-refractivity contribution in [2.45, 2.75) is 33.1 Å². The van der Waals surface area contributed by atoms with E-state index >= 15 is 0 Å². The molecule has 0 fully saturated rings. The van der Waals surface area contributed by atoms with Crippen LogP contribution in [0.2, 0.25) is 0 Å². The van der Waals surface area contributed by atoms with Crippen molar-refractivity contribution in [1.29, 1.82) is 0 Å². The summed E-state index contributed by atoms with van der Waals surface area (Å²) in [5.41, 5.74) is 2.67. The molecule has 0 saturated carbocycles. The molecule has 74 valence electrons. The highest BCUT2D eigenvalue weighted by Gasteiger charge is 1.96. The third-order valence-corrected chi connectivity index (χ3v) is 2.95. The van der Waals surface area contributed by atoms with Crippen LogP contribution in [0.1, 0.15) is 30.9 Å². The molecule has 0 bridgehead atoms. The summed E-state index contributed by atoms with van der Waals surface area (Å²) in [6.45, 7) is 4.20. The van der Waals surface area contributed by atoms with Crippen molar-refractivity contribution in [2.24, 2.45) is 0 Å². The van der Waals surface area contributed by atoms with Crippen LogP contribution in [0, 0.1) is 18.8 Å². The SMILES string of the molecule is CCC#CCCc1ccc(Br)c(C)c1. The van der Waals surface area contributed by atoms with E-state index < -0.39 is 0 Å². The lowest BCUT2D eigenvalue weighted by Crippen LogP contribution is -1.85. The van der Waals surface area contributed by atoms with E-state index in [1.165, 1.54) is 15.6 Å². The summed E-state index contributed by atoms with van der Waals surface area (Å²) >= 11 is 3.49. The Hall–Kier alpha value is -0.740. The van der Waals surface area contributed by atoms with Gasteiger partial charge >= 0.3 is 0 Å². The second kappa shape index (κ2) is 5.88. The lowest BCUT2D eigenvalue weighted by atomic mass is 10.1. The molecular formula is C13H15Br. The fraction of sp³-hybridized carbons (Fsp3) is 0.385. The number of benzene rings is 1. The number of hydrogen-bond donors (Lipinski definition) is 0. The Kier molecular flexibility index (Phi) is 4.76. The molecule has 0 unspecified atom stereocenters. The van der Waals surface area contributed by atoms with Gasteiger partial charge < -0.3 is 0 Å². The second-order valence-corrected chi connectivity index (χ2v) is 4.14. The standard InChI is InChI=1S/C13H15Br/c1-3-4-5-6-7-12-8-9-13(14)11(2)10-12/h8-10H,3,6-7H2,1-2H3. The van der Waals surface area contributed by atoms with E-state index in [9.17, 15) is 0 Å². The Morgan fingerprint density at radius 1 is 1.29 bits per heavy atom. The van der Waals surface area contributed by atoms with Crippen molar-refractivity contribution in [3.05, 3.63) is 33.8 Å². The molecule has 0 heterocycles. The topological polar surface area (TPSA) is 0 Å². The van der Waals surface area contributed by atoms with E-state index in [1.54, 1.807) is 0 Å². The summed E-state index contributed by atoms with van der Waals surface area (Å²) in [6, 6.07) is 6.49. The monoisotopic (exact) mass is 250 g/mol. The van der Waals surface area contributed by atoms with Gasteiger partial charge in [0.1, 0.15) is 0 Å². The van der Waals surface area contributed by atoms with E-state index in [0.29, 0.717) is 0 Å².